The first-order valence-electron chi connectivity index (χ1n) is 18.8. The molecule has 12 heteroatoms. The fourth-order valence-electron chi connectivity index (χ4n) is 7.48. The lowest BCUT2D eigenvalue weighted by Gasteiger charge is -2.47. The van der Waals surface area contributed by atoms with Crippen molar-refractivity contribution in [1.82, 2.24) is 10.2 Å². The smallest absolute Gasteiger partial charge is 0.407 e. The van der Waals surface area contributed by atoms with Gasteiger partial charge in [-0.3, -0.25) is 14.5 Å². The van der Waals surface area contributed by atoms with Gasteiger partial charge < -0.3 is 34.2 Å². The maximum Gasteiger partial charge on any atom is 0.407 e. The van der Waals surface area contributed by atoms with Crippen LogP contribution in [0, 0.1) is 0 Å². The van der Waals surface area contributed by atoms with E-state index < -0.39 is 56.9 Å². The predicted octanol–water partition coefficient (Wildman–Crippen LogP) is 4.79. The average molecular weight is 767 g/mol. The number of nitrogens with one attached hydrogen (secondary N) is 1. The van der Waals surface area contributed by atoms with Crippen LogP contribution in [0.4, 0.5) is 4.79 Å². The molecule has 2 heterocycles. The van der Waals surface area contributed by atoms with Crippen LogP contribution in [-0.4, -0.2) is 91.7 Å². The highest BCUT2D eigenvalue weighted by molar-refractivity contribution is 6.99. The van der Waals surface area contributed by atoms with Crippen molar-refractivity contribution < 1.29 is 43.2 Å². The first-order chi connectivity index (χ1) is 26.5. The van der Waals surface area contributed by atoms with Crippen LogP contribution in [0.3, 0.4) is 0 Å². The molecule has 11 nitrogen and oxygen atoms in total. The zero-order valence-corrected chi connectivity index (χ0v) is 32.5. The Morgan fingerprint density at radius 3 is 1.87 bits per heavy atom. The number of benzene rings is 4. The number of carbonyl (C=O) groups is 3. The van der Waals surface area contributed by atoms with Gasteiger partial charge in [-0.1, -0.05) is 124 Å². The van der Waals surface area contributed by atoms with E-state index in [0.717, 1.165) is 20.8 Å². The quantitative estimate of drug-likeness (QED) is 0.0885. The first-order valence-corrected chi connectivity index (χ1v) is 20.7. The number of hydrogen-bond acceptors (Lipinski definition) is 9. The van der Waals surface area contributed by atoms with Crippen molar-refractivity contribution in [2.24, 2.45) is 0 Å². The predicted molar refractivity (Wildman–Crippen MR) is 209 cm³/mol. The van der Waals surface area contributed by atoms with E-state index in [4.69, 9.17) is 18.6 Å². The summed E-state index contributed by atoms with van der Waals surface area (Å²) in [5.41, 5.74) is 1.31. The van der Waals surface area contributed by atoms with Crippen LogP contribution in [0.1, 0.15) is 66.3 Å². The number of amides is 3. The first kappa shape index (κ1) is 40.0. The van der Waals surface area contributed by atoms with Crippen LogP contribution in [0.25, 0.3) is 0 Å². The molecule has 1 saturated heterocycles. The maximum atomic E-state index is 13.6. The maximum absolute atomic E-state index is 13.6. The summed E-state index contributed by atoms with van der Waals surface area (Å²) >= 11 is 0. The molecular formula is C43H50N2O9Si. The van der Waals surface area contributed by atoms with Crippen molar-refractivity contribution in [3.63, 3.8) is 0 Å². The van der Waals surface area contributed by atoms with Crippen LogP contribution in [-0.2, 0) is 25.2 Å². The second-order valence-electron chi connectivity index (χ2n) is 14.9. The van der Waals surface area contributed by atoms with E-state index in [1.54, 1.807) is 24.3 Å². The van der Waals surface area contributed by atoms with E-state index in [1.807, 2.05) is 66.7 Å². The molecule has 0 radical (unpaired) electrons. The molecule has 0 spiro atoms. The summed E-state index contributed by atoms with van der Waals surface area (Å²) in [5.74, 6) is -1.19. The molecule has 5 atom stereocenters. The number of carbonyl (C=O) groups excluding carboxylic acids is 3. The Kier molecular flexibility index (Phi) is 13.0. The number of rotatable bonds is 15. The number of nitrogens with zero attached hydrogens (tertiary/aromatic N) is 1. The van der Waals surface area contributed by atoms with Gasteiger partial charge >= 0.3 is 6.09 Å². The minimum Gasteiger partial charge on any atom is -0.445 e. The third-order valence-corrected chi connectivity index (χ3v) is 15.3. The van der Waals surface area contributed by atoms with Crippen molar-refractivity contribution in [1.29, 1.82) is 0 Å². The lowest BCUT2D eigenvalue weighted by Crippen LogP contribution is -2.69. The summed E-state index contributed by atoms with van der Waals surface area (Å²) in [6, 6.07) is 34.6. The number of aliphatic hydroxyl groups is 2. The highest BCUT2D eigenvalue weighted by atomic mass is 28.4. The fourth-order valence-corrected chi connectivity index (χ4v) is 12.1. The molecule has 4 aromatic rings. The number of fused-ring (bicyclic) bond motifs is 1. The lowest BCUT2D eigenvalue weighted by atomic mass is 9.95. The van der Waals surface area contributed by atoms with Crippen molar-refractivity contribution >= 4 is 36.6 Å². The lowest BCUT2D eigenvalue weighted by molar-refractivity contribution is -0.278. The minimum absolute atomic E-state index is 0.0910. The molecule has 0 bridgehead atoms. The van der Waals surface area contributed by atoms with Crippen molar-refractivity contribution in [2.45, 2.75) is 82.3 Å². The van der Waals surface area contributed by atoms with Crippen LogP contribution >= 0.6 is 0 Å². The molecule has 55 heavy (non-hydrogen) atoms. The molecule has 2 unspecified atom stereocenters. The van der Waals surface area contributed by atoms with Gasteiger partial charge in [0.25, 0.3) is 20.1 Å². The molecule has 2 aliphatic rings. The second kappa shape index (κ2) is 17.8. The fraction of sp³-hybridized carbons (Fsp3) is 0.372. The van der Waals surface area contributed by atoms with E-state index in [-0.39, 0.29) is 36.0 Å². The summed E-state index contributed by atoms with van der Waals surface area (Å²) in [6.07, 6.45) is -4.06. The number of imide groups is 1. The number of aliphatic hydroxyl groups excluding tert-OH is 2. The molecule has 3 N–H and O–H groups in total. The number of alkyl carbamates (subject to hydrolysis) is 1. The Labute approximate surface area is 323 Å². The van der Waals surface area contributed by atoms with Crippen molar-refractivity contribution in [3.05, 3.63) is 132 Å². The van der Waals surface area contributed by atoms with E-state index in [1.165, 1.54) is 0 Å². The standard InChI is InChI=1S/C43H50N2O9Si/c1-43(2,3)55(31-20-10-5-11-21-31,32-22-12-6-13-23-32)53-29-35-37(46)38(47)36(45-39(48)33-24-14-15-25-34(33)40(45)49)41(54-35)51-27-17-7-16-26-44-42(50)52-28-30-18-8-4-9-19-30/h4-6,8-15,18-25,35-38,41,46-47H,7,16-17,26-29H2,1-3H3,(H,44,50)/t35?,36?,37-,38-,41-/m1/s1. The van der Waals surface area contributed by atoms with E-state index >= 15 is 0 Å². The molecule has 6 rings (SSSR count). The van der Waals surface area contributed by atoms with Gasteiger partial charge in [0.2, 0.25) is 0 Å². The highest BCUT2D eigenvalue weighted by Crippen LogP contribution is 2.38. The monoisotopic (exact) mass is 766 g/mol. The van der Waals surface area contributed by atoms with Crippen molar-refractivity contribution in [3.8, 4) is 0 Å². The Morgan fingerprint density at radius 2 is 1.31 bits per heavy atom. The average Bonchev–Trinajstić information content (AvgIpc) is 3.44. The van der Waals surface area contributed by atoms with Gasteiger partial charge in [-0.25, -0.2) is 4.79 Å². The number of unbranched alkanes of at least 4 members (excludes halogenated alkanes) is 2. The second-order valence-corrected chi connectivity index (χ2v) is 19.2. The largest absolute Gasteiger partial charge is 0.445 e. The van der Waals surface area contributed by atoms with Gasteiger partial charge in [0.1, 0.15) is 31.0 Å². The number of ether oxygens (including phenoxy) is 3. The van der Waals surface area contributed by atoms with E-state index in [0.29, 0.717) is 25.8 Å². The Balaban J connectivity index is 1.15. The highest BCUT2D eigenvalue weighted by Gasteiger charge is 2.55. The summed E-state index contributed by atoms with van der Waals surface area (Å²) in [4.78, 5) is 40.4. The third-order valence-electron chi connectivity index (χ3n) is 10.3. The normalized spacial score (nSPS) is 21.3. The molecule has 4 aromatic carbocycles. The summed E-state index contributed by atoms with van der Waals surface area (Å²) in [6.45, 7) is 7.07. The summed E-state index contributed by atoms with van der Waals surface area (Å²) < 4.78 is 25.0. The topological polar surface area (TPSA) is 144 Å². The van der Waals surface area contributed by atoms with Gasteiger partial charge in [0.05, 0.1) is 17.7 Å². The zero-order chi connectivity index (χ0) is 39.0. The minimum atomic E-state index is -3.06. The van der Waals surface area contributed by atoms with Crippen LogP contribution < -0.4 is 15.7 Å². The molecule has 1 fully saturated rings. The van der Waals surface area contributed by atoms with Gasteiger partial charge in [-0.2, -0.15) is 0 Å². The molecule has 0 aliphatic carbocycles. The van der Waals surface area contributed by atoms with Gasteiger partial charge in [-0.05, 0) is 52.4 Å². The molecular weight excluding hydrogens is 717 g/mol. The van der Waals surface area contributed by atoms with E-state index in [2.05, 4.69) is 50.4 Å². The third kappa shape index (κ3) is 8.75. The molecule has 2 aliphatic heterocycles. The van der Waals surface area contributed by atoms with Gasteiger partial charge in [0.15, 0.2) is 6.29 Å². The molecule has 0 saturated carbocycles. The van der Waals surface area contributed by atoms with E-state index in [9.17, 15) is 24.6 Å². The molecule has 0 aromatic heterocycles. The summed E-state index contributed by atoms with van der Waals surface area (Å²) in [5, 5.41) is 27.9. The van der Waals surface area contributed by atoms with Crippen LogP contribution in [0.5, 0.6) is 0 Å². The van der Waals surface area contributed by atoms with Crippen LogP contribution in [0.2, 0.25) is 5.04 Å². The Bertz CT molecular complexity index is 1820. The zero-order valence-electron chi connectivity index (χ0n) is 31.5. The van der Waals surface area contributed by atoms with Gasteiger partial charge in [0, 0.05) is 13.2 Å². The molecule has 3 amide bonds. The Hall–Kier alpha value is -4.69. The molecule has 290 valence electrons. The number of hydrogen-bond donors (Lipinski definition) is 3. The SMILES string of the molecule is CC(C)(C)[Si](OCC1O[C@@H](OCCCCCNC(=O)OCc2ccccc2)C(N2C(=O)c3ccccc3C2=O)[C@@H](O)[C@@H]1O)(c1ccccc1)c1ccccc1. The Morgan fingerprint density at radius 1 is 0.764 bits per heavy atom. The van der Waals surface area contributed by atoms with Crippen LogP contribution in [0.15, 0.2) is 115 Å². The van der Waals surface area contributed by atoms with Gasteiger partial charge in [-0.15, -0.1) is 0 Å². The van der Waals surface area contributed by atoms with Crippen molar-refractivity contribution in [2.75, 3.05) is 19.8 Å². The summed E-state index contributed by atoms with van der Waals surface area (Å²) in [7, 11) is -3.06.